The summed E-state index contributed by atoms with van der Waals surface area (Å²) in [5, 5.41) is 3.69. The summed E-state index contributed by atoms with van der Waals surface area (Å²) in [5.41, 5.74) is 0. The Morgan fingerprint density at radius 2 is 1.89 bits per heavy atom. The molecule has 0 heterocycles. The van der Waals surface area contributed by atoms with E-state index < -0.39 is 0 Å². The zero-order valence-electron chi connectivity index (χ0n) is 13.3. The van der Waals surface area contributed by atoms with Gasteiger partial charge in [-0.05, 0) is 64.1 Å². The molecular weight excluding hydrogens is 232 g/mol. The Bertz CT molecular complexity index is 254. The van der Waals surface area contributed by atoms with Crippen LogP contribution < -0.4 is 5.32 Å². The van der Waals surface area contributed by atoms with Gasteiger partial charge < -0.3 is 10.2 Å². The van der Waals surface area contributed by atoms with Crippen molar-refractivity contribution in [2.24, 2.45) is 11.8 Å². The maximum atomic E-state index is 3.69. The van der Waals surface area contributed by atoms with Crippen LogP contribution in [0.15, 0.2) is 0 Å². The van der Waals surface area contributed by atoms with Crippen molar-refractivity contribution in [1.29, 1.82) is 0 Å². The second kappa shape index (κ2) is 7.64. The molecule has 2 fully saturated rings. The third-order valence-corrected chi connectivity index (χ3v) is 5.51. The SMILES string of the molecule is CCNC1CCCC1CCN(C)C1CCCC(C)C1. The predicted molar refractivity (Wildman–Crippen MR) is 83.5 cm³/mol. The summed E-state index contributed by atoms with van der Waals surface area (Å²) in [7, 11) is 2.36. The quantitative estimate of drug-likeness (QED) is 0.789. The summed E-state index contributed by atoms with van der Waals surface area (Å²) in [6.45, 7) is 7.12. The van der Waals surface area contributed by atoms with Crippen molar-refractivity contribution in [3.63, 3.8) is 0 Å². The van der Waals surface area contributed by atoms with Gasteiger partial charge in [-0.25, -0.2) is 0 Å². The summed E-state index contributed by atoms with van der Waals surface area (Å²) in [4.78, 5) is 2.66. The topological polar surface area (TPSA) is 15.3 Å². The van der Waals surface area contributed by atoms with Crippen LogP contribution in [0.2, 0.25) is 0 Å². The highest BCUT2D eigenvalue weighted by molar-refractivity contribution is 4.84. The van der Waals surface area contributed by atoms with Gasteiger partial charge in [0, 0.05) is 12.1 Å². The second-order valence-corrected chi connectivity index (χ2v) is 7.05. The summed E-state index contributed by atoms with van der Waals surface area (Å²) in [5.74, 6) is 1.88. The molecule has 4 atom stereocenters. The van der Waals surface area contributed by atoms with Gasteiger partial charge in [-0.3, -0.25) is 0 Å². The van der Waals surface area contributed by atoms with Gasteiger partial charge in [0.25, 0.3) is 0 Å². The van der Waals surface area contributed by atoms with E-state index in [2.05, 4.69) is 31.1 Å². The Morgan fingerprint density at radius 3 is 2.63 bits per heavy atom. The molecule has 19 heavy (non-hydrogen) atoms. The Labute approximate surface area is 120 Å². The van der Waals surface area contributed by atoms with Crippen LogP contribution in [-0.2, 0) is 0 Å². The van der Waals surface area contributed by atoms with Gasteiger partial charge >= 0.3 is 0 Å². The monoisotopic (exact) mass is 266 g/mol. The average Bonchev–Trinajstić information content (AvgIpc) is 2.84. The first-order valence-electron chi connectivity index (χ1n) is 8.64. The van der Waals surface area contributed by atoms with Gasteiger partial charge in [0.2, 0.25) is 0 Å². The predicted octanol–water partition coefficient (Wildman–Crippen LogP) is 3.67. The number of hydrogen-bond donors (Lipinski definition) is 1. The number of rotatable bonds is 6. The lowest BCUT2D eigenvalue weighted by molar-refractivity contribution is 0.153. The van der Waals surface area contributed by atoms with Crippen LogP contribution >= 0.6 is 0 Å². The molecule has 0 aromatic carbocycles. The van der Waals surface area contributed by atoms with E-state index in [0.717, 1.165) is 30.5 Å². The van der Waals surface area contributed by atoms with Gasteiger partial charge in [0.15, 0.2) is 0 Å². The molecule has 1 N–H and O–H groups in total. The molecule has 0 saturated heterocycles. The van der Waals surface area contributed by atoms with E-state index in [1.807, 2.05) is 0 Å². The zero-order valence-corrected chi connectivity index (χ0v) is 13.3. The van der Waals surface area contributed by atoms with E-state index in [1.165, 1.54) is 57.9 Å². The summed E-state index contributed by atoms with van der Waals surface area (Å²) in [6, 6.07) is 1.67. The molecule has 4 unspecified atom stereocenters. The first-order valence-corrected chi connectivity index (χ1v) is 8.64. The van der Waals surface area contributed by atoms with Crippen molar-refractivity contribution < 1.29 is 0 Å². The summed E-state index contributed by atoms with van der Waals surface area (Å²) >= 11 is 0. The van der Waals surface area contributed by atoms with E-state index in [1.54, 1.807) is 0 Å². The molecule has 0 aliphatic heterocycles. The fourth-order valence-electron chi connectivity index (χ4n) is 4.27. The lowest BCUT2D eigenvalue weighted by atomic mass is 9.86. The smallest absolute Gasteiger partial charge is 0.00956 e. The van der Waals surface area contributed by atoms with Crippen LogP contribution in [0.1, 0.15) is 65.2 Å². The van der Waals surface area contributed by atoms with E-state index in [4.69, 9.17) is 0 Å². The van der Waals surface area contributed by atoms with Crippen LogP contribution in [0.25, 0.3) is 0 Å². The van der Waals surface area contributed by atoms with Crippen LogP contribution in [0.4, 0.5) is 0 Å². The van der Waals surface area contributed by atoms with Crippen molar-refractivity contribution in [3.8, 4) is 0 Å². The third-order valence-electron chi connectivity index (χ3n) is 5.51. The highest BCUT2D eigenvalue weighted by atomic mass is 15.1. The fourth-order valence-corrected chi connectivity index (χ4v) is 4.27. The van der Waals surface area contributed by atoms with Gasteiger partial charge in [0.1, 0.15) is 0 Å². The molecule has 2 heteroatoms. The van der Waals surface area contributed by atoms with Gasteiger partial charge in [-0.2, -0.15) is 0 Å². The molecule has 0 radical (unpaired) electrons. The highest BCUT2D eigenvalue weighted by Crippen LogP contribution is 2.30. The van der Waals surface area contributed by atoms with Crippen molar-refractivity contribution in [2.75, 3.05) is 20.1 Å². The molecule has 0 amide bonds. The van der Waals surface area contributed by atoms with Crippen LogP contribution in [0, 0.1) is 11.8 Å². The van der Waals surface area contributed by atoms with Crippen LogP contribution in [-0.4, -0.2) is 37.1 Å². The van der Waals surface area contributed by atoms with Crippen molar-refractivity contribution in [1.82, 2.24) is 10.2 Å². The second-order valence-electron chi connectivity index (χ2n) is 7.05. The van der Waals surface area contributed by atoms with Crippen molar-refractivity contribution >= 4 is 0 Å². The van der Waals surface area contributed by atoms with Gasteiger partial charge in [0.05, 0.1) is 0 Å². The lowest BCUT2D eigenvalue weighted by Gasteiger charge is -2.35. The zero-order chi connectivity index (χ0) is 13.7. The molecule has 2 saturated carbocycles. The molecule has 2 aliphatic rings. The first kappa shape index (κ1) is 15.3. The molecule has 112 valence electrons. The third kappa shape index (κ3) is 4.46. The van der Waals surface area contributed by atoms with Crippen molar-refractivity contribution in [2.45, 2.75) is 77.3 Å². The minimum absolute atomic E-state index is 0.809. The standard InChI is InChI=1S/C17H34N2/c1-4-18-17-10-6-8-15(17)11-12-19(3)16-9-5-7-14(2)13-16/h14-18H,4-13H2,1-3H3. The van der Waals surface area contributed by atoms with E-state index in [0.29, 0.717) is 0 Å². The molecule has 2 aliphatic carbocycles. The molecule has 0 spiro atoms. The Morgan fingerprint density at radius 1 is 1.11 bits per heavy atom. The van der Waals surface area contributed by atoms with Crippen molar-refractivity contribution in [3.05, 3.63) is 0 Å². The fraction of sp³-hybridized carbons (Fsp3) is 1.00. The lowest BCUT2D eigenvalue weighted by Crippen LogP contribution is -2.38. The summed E-state index contributed by atoms with van der Waals surface area (Å²) < 4.78 is 0. The summed E-state index contributed by atoms with van der Waals surface area (Å²) in [6.07, 6.45) is 11.5. The average molecular weight is 266 g/mol. The minimum atomic E-state index is 0.809. The van der Waals surface area contributed by atoms with Crippen LogP contribution in [0.5, 0.6) is 0 Å². The highest BCUT2D eigenvalue weighted by Gasteiger charge is 2.28. The maximum Gasteiger partial charge on any atom is 0.00956 e. The molecule has 0 aromatic rings. The number of nitrogens with one attached hydrogen (secondary N) is 1. The minimum Gasteiger partial charge on any atom is -0.314 e. The van der Waals surface area contributed by atoms with Crippen LogP contribution in [0.3, 0.4) is 0 Å². The number of hydrogen-bond acceptors (Lipinski definition) is 2. The molecule has 2 nitrogen and oxygen atoms in total. The molecule has 0 aromatic heterocycles. The number of nitrogens with zero attached hydrogens (tertiary/aromatic N) is 1. The van der Waals surface area contributed by atoms with E-state index in [-0.39, 0.29) is 0 Å². The van der Waals surface area contributed by atoms with E-state index in [9.17, 15) is 0 Å². The Balaban J connectivity index is 1.71. The first-order chi connectivity index (χ1) is 9.20. The van der Waals surface area contributed by atoms with E-state index >= 15 is 0 Å². The largest absolute Gasteiger partial charge is 0.314 e. The Kier molecular flexibility index (Phi) is 6.15. The maximum absolute atomic E-state index is 3.69. The molecular formula is C17H34N2. The Hall–Kier alpha value is -0.0800. The normalized spacial score (nSPS) is 36.0. The molecule has 0 bridgehead atoms. The van der Waals surface area contributed by atoms with Gasteiger partial charge in [-0.15, -0.1) is 0 Å². The van der Waals surface area contributed by atoms with Gasteiger partial charge in [-0.1, -0.05) is 33.1 Å². The molecule has 2 rings (SSSR count).